The van der Waals surface area contributed by atoms with E-state index in [4.69, 9.17) is 22.2 Å². The average molecular weight is 202 g/mol. The van der Waals surface area contributed by atoms with Gasteiger partial charge in [0.2, 0.25) is 5.71 Å². The minimum Gasteiger partial charge on any atom is -0.410 e. The Kier molecular flexibility index (Phi) is 2.43. The predicted octanol–water partition coefficient (Wildman–Crippen LogP) is 1.13. The van der Waals surface area contributed by atoms with E-state index in [-0.39, 0.29) is 10.7 Å². The molecule has 1 aliphatic rings. The van der Waals surface area contributed by atoms with Crippen molar-refractivity contribution in [2.75, 3.05) is 0 Å². The standard InChI is InChI=1S/C6H4ClN3O3/c7-3-1-2-4(10(12)13)6(9-11)5(3)8/h1-2,8,11H/b8-5?,9-6-. The van der Waals surface area contributed by atoms with Crippen LogP contribution in [0.2, 0.25) is 0 Å². The van der Waals surface area contributed by atoms with Crippen molar-refractivity contribution in [3.05, 3.63) is 33.0 Å². The lowest BCUT2D eigenvalue weighted by molar-refractivity contribution is -0.414. The van der Waals surface area contributed by atoms with Crippen molar-refractivity contribution in [3.63, 3.8) is 0 Å². The summed E-state index contributed by atoms with van der Waals surface area (Å²) < 4.78 is 0. The predicted molar refractivity (Wildman–Crippen MR) is 46.0 cm³/mol. The van der Waals surface area contributed by atoms with Gasteiger partial charge in [-0.25, -0.2) is 0 Å². The minimum atomic E-state index is -0.747. The SMILES string of the molecule is N=C1C(Cl)=CC=C([N+](=O)[O-])/C1=N/O. The summed E-state index contributed by atoms with van der Waals surface area (Å²) in [5.74, 6) is 0. The van der Waals surface area contributed by atoms with Crippen LogP contribution in [0, 0.1) is 15.5 Å². The van der Waals surface area contributed by atoms with Gasteiger partial charge in [0, 0.05) is 6.08 Å². The molecule has 13 heavy (non-hydrogen) atoms. The van der Waals surface area contributed by atoms with Gasteiger partial charge in [0.25, 0.3) is 0 Å². The molecule has 1 aliphatic carbocycles. The molecule has 1 rings (SSSR count). The molecular weight excluding hydrogens is 198 g/mol. The molecule has 0 spiro atoms. The molecule has 0 aromatic rings. The van der Waals surface area contributed by atoms with E-state index in [1.54, 1.807) is 0 Å². The van der Waals surface area contributed by atoms with E-state index < -0.39 is 16.3 Å². The van der Waals surface area contributed by atoms with Crippen LogP contribution in [0.3, 0.4) is 0 Å². The molecule has 0 saturated heterocycles. The van der Waals surface area contributed by atoms with Gasteiger partial charge in [0.15, 0.2) is 0 Å². The molecule has 0 fully saturated rings. The number of nitrogens with one attached hydrogen (secondary N) is 1. The summed E-state index contributed by atoms with van der Waals surface area (Å²) in [6.07, 6.45) is 2.28. The van der Waals surface area contributed by atoms with Crippen molar-refractivity contribution in [3.8, 4) is 0 Å². The van der Waals surface area contributed by atoms with Crippen LogP contribution < -0.4 is 0 Å². The number of nitro groups is 1. The third-order valence-electron chi connectivity index (χ3n) is 1.40. The summed E-state index contributed by atoms with van der Waals surface area (Å²) >= 11 is 5.49. The number of hydrogen-bond donors (Lipinski definition) is 2. The first-order chi connectivity index (χ1) is 6.07. The van der Waals surface area contributed by atoms with Crippen molar-refractivity contribution >= 4 is 23.0 Å². The number of halogens is 1. The first kappa shape index (κ1) is 9.40. The summed E-state index contributed by atoms with van der Waals surface area (Å²) in [4.78, 5) is 9.61. The Morgan fingerprint density at radius 3 is 2.69 bits per heavy atom. The first-order valence-corrected chi connectivity index (χ1v) is 3.49. The highest BCUT2D eigenvalue weighted by molar-refractivity contribution is 6.63. The highest BCUT2D eigenvalue weighted by Gasteiger charge is 2.28. The quantitative estimate of drug-likeness (QED) is 0.288. The van der Waals surface area contributed by atoms with E-state index in [2.05, 4.69) is 5.16 Å². The average Bonchev–Trinajstić information content (AvgIpc) is 2.09. The monoisotopic (exact) mass is 201 g/mol. The summed E-state index contributed by atoms with van der Waals surface area (Å²) in [6.45, 7) is 0. The van der Waals surface area contributed by atoms with E-state index in [0.29, 0.717) is 0 Å². The maximum absolute atomic E-state index is 10.4. The van der Waals surface area contributed by atoms with Gasteiger partial charge in [0.05, 0.1) is 9.96 Å². The van der Waals surface area contributed by atoms with Gasteiger partial charge in [-0.15, -0.1) is 0 Å². The second-order valence-corrected chi connectivity index (χ2v) is 2.55. The zero-order valence-corrected chi connectivity index (χ0v) is 6.95. The van der Waals surface area contributed by atoms with E-state index in [0.717, 1.165) is 6.08 Å². The van der Waals surface area contributed by atoms with Gasteiger partial charge >= 0.3 is 5.70 Å². The van der Waals surface area contributed by atoms with E-state index in [1.807, 2.05) is 0 Å². The van der Waals surface area contributed by atoms with Crippen LogP contribution in [0.5, 0.6) is 0 Å². The molecule has 0 saturated carbocycles. The van der Waals surface area contributed by atoms with Gasteiger partial charge in [0.1, 0.15) is 5.71 Å². The molecule has 0 aromatic heterocycles. The van der Waals surface area contributed by atoms with Crippen molar-refractivity contribution in [1.82, 2.24) is 0 Å². The van der Waals surface area contributed by atoms with Gasteiger partial charge in [-0.1, -0.05) is 16.8 Å². The highest BCUT2D eigenvalue weighted by atomic mass is 35.5. The van der Waals surface area contributed by atoms with Crippen molar-refractivity contribution in [2.24, 2.45) is 5.16 Å². The second kappa shape index (κ2) is 3.36. The van der Waals surface area contributed by atoms with Crippen LogP contribution in [0.25, 0.3) is 0 Å². The van der Waals surface area contributed by atoms with Gasteiger partial charge < -0.3 is 5.21 Å². The van der Waals surface area contributed by atoms with Crippen LogP contribution >= 0.6 is 11.6 Å². The van der Waals surface area contributed by atoms with E-state index >= 15 is 0 Å². The number of hydrogen-bond acceptors (Lipinski definition) is 5. The van der Waals surface area contributed by atoms with E-state index in [9.17, 15) is 10.1 Å². The fourth-order valence-electron chi connectivity index (χ4n) is 0.804. The van der Waals surface area contributed by atoms with Gasteiger partial charge in [-0.3, -0.25) is 15.5 Å². The maximum atomic E-state index is 10.4. The highest BCUT2D eigenvalue weighted by Crippen LogP contribution is 2.16. The van der Waals surface area contributed by atoms with Crippen LogP contribution in [0.15, 0.2) is 28.0 Å². The zero-order chi connectivity index (χ0) is 10.0. The third kappa shape index (κ3) is 1.57. The van der Waals surface area contributed by atoms with Gasteiger partial charge in [-0.05, 0) is 6.08 Å². The third-order valence-corrected chi connectivity index (χ3v) is 1.72. The lowest BCUT2D eigenvalue weighted by Gasteiger charge is -2.06. The Balaban J connectivity index is 3.23. The normalized spacial score (nSPS) is 19.8. The molecule has 68 valence electrons. The molecule has 0 aliphatic heterocycles. The first-order valence-electron chi connectivity index (χ1n) is 3.11. The Labute approximate surface area is 77.5 Å². The molecule has 0 heterocycles. The molecule has 0 unspecified atom stereocenters. The smallest absolute Gasteiger partial charge is 0.300 e. The summed E-state index contributed by atoms with van der Waals surface area (Å²) in [5, 5.41) is 28.6. The van der Waals surface area contributed by atoms with Crippen molar-refractivity contribution < 1.29 is 10.1 Å². The Bertz CT molecular complexity index is 369. The van der Waals surface area contributed by atoms with Crippen molar-refractivity contribution in [1.29, 1.82) is 5.41 Å². The van der Waals surface area contributed by atoms with Crippen LogP contribution in [0.4, 0.5) is 0 Å². The molecule has 0 bridgehead atoms. The Morgan fingerprint density at radius 2 is 2.23 bits per heavy atom. The number of rotatable bonds is 1. The topological polar surface area (TPSA) is 99.6 Å². The lowest BCUT2D eigenvalue weighted by Crippen LogP contribution is -2.23. The molecule has 2 N–H and O–H groups in total. The number of oxime groups is 1. The number of allylic oxidation sites excluding steroid dienone is 4. The van der Waals surface area contributed by atoms with Crippen LogP contribution in [-0.2, 0) is 0 Å². The molecule has 0 amide bonds. The van der Waals surface area contributed by atoms with E-state index in [1.165, 1.54) is 6.08 Å². The van der Waals surface area contributed by atoms with Crippen LogP contribution in [-0.4, -0.2) is 21.6 Å². The zero-order valence-electron chi connectivity index (χ0n) is 6.19. The van der Waals surface area contributed by atoms with Gasteiger partial charge in [-0.2, -0.15) is 0 Å². The molecular formula is C6H4ClN3O3. The summed E-state index contributed by atoms with van der Waals surface area (Å²) in [7, 11) is 0. The Morgan fingerprint density at radius 1 is 1.62 bits per heavy atom. The van der Waals surface area contributed by atoms with Crippen molar-refractivity contribution in [2.45, 2.75) is 0 Å². The summed E-state index contributed by atoms with van der Waals surface area (Å²) in [5.41, 5.74) is -1.24. The lowest BCUT2D eigenvalue weighted by atomic mass is 10.1. The fourth-order valence-corrected chi connectivity index (χ4v) is 0.957. The number of nitrogens with zero attached hydrogens (tertiary/aromatic N) is 2. The van der Waals surface area contributed by atoms with Crippen LogP contribution in [0.1, 0.15) is 0 Å². The second-order valence-electron chi connectivity index (χ2n) is 2.15. The minimum absolute atomic E-state index is 0.00148. The molecule has 6 nitrogen and oxygen atoms in total. The molecule has 0 atom stereocenters. The maximum Gasteiger partial charge on any atom is 0.300 e. The molecule has 7 heteroatoms. The fraction of sp³-hybridized carbons (Fsp3) is 0. The largest absolute Gasteiger partial charge is 0.410 e. The Hall–Kier alpha value is -1.69. The molecule has 0 radical (unpaired) electrons. The molecule has 0 aromatic carbocycles. The summed E-state index contributed by atoms with van der Waals surface area (Å²) in [6, 6.07) is 0.